The number of rotatable bonds is 99. The predicted molar refractivity (Wildman–Crippen MR) is 497 cm³/mol. The van der Waals surface area contributed by atoms with Crippen LogP contribution in [0.25, 0.3) is 0 Å². The molecule has 0 aromatic heterocycles. The van der Waals surface area contributed by atoms with Crippen LogP contribution in [0.15, 0.2) is 0 Å². The van der Waals surface area contributed by atoms with Crippen LogP contribution in [-0.2, 0) is 65.4 Å². The first-order chi connectivity index (χ1) is 57.9. The summed E-state index contributed by atoms with van der Waals surface area (Å²) in [7, 11) is -9.95. The second-order valence-corrected chi connectivity index (χ2v) is 39.3. The maximum Gasteiger partial charge on any atom is 0.472 e. The summed E-state index contributed by atoms with van der Waals surface area (Å²) in [4.78, 5) is 73.7. The third-order valence-electron chi connectivity index (χ3n) is 24.4. The van der Waals surface area contributed by atoms with Crippen LogP contribution in [-0.4, -0.2) is 96.7 Å². The Morgan fingerprint density at radius 2 is 0.403 bits per heavy atom. The summed E-state index contributed by atoms with van der Waals surface area (Å²) < 4.78 is 69.4. The van der Waals surface area contributed by atoms with Crippen LogP contribution in [0.1, 0.15) is 549 Å². The maximum absolute atomic E-state index is 13.2. The van der Waals surface area contributed by atoms with Crippen LogP contribution in [0, 0.1) is 11.8 Å². The van der Waals surface area contributed by atoms with E-state index in [0.717, 1.165) is 102 Å². The summed E-state index contributed by atoms with van der Waals surface area (Å²) in [5, 5.41) is 10.7. The van der Waals surface area contributed by atoms with Gasteiger partial charge in [0.15, 0.2) is 12.2 Å². The van der Waals surface area contributed by atoms with Crippen molar-refractivity contribution in [1.82, 2.24) is 0 Å². The van der Waals surface area contributed by atoms with Gasteiger partial charge in [-0.25, -0.2) is 9.13 Å². The first-order valence-electron chi connectivity index (χ1n) is 51.6. The summed E-state index contributed by atoms with van der Waals surface area (Å²) in [5.41, 5.74) is 0. The zero-order chi connectivity index (χ0) is 87.0. The van der Waals surface area contributed by atoms with Crippen LogP contribution in [0.4, 0.5) is 0 Å². The van der Waals surface area contributed by atoms with E-state index in [1.165, 1.54) is 366 Å². The highest BCUT2D eigenvalue weighted by molar-refractivity contribution is 7.47. The van der Waals surface area contributed by atoms with Gasteiger partial charge < -0.3 is 33.8 Å². The number of aliphatic hydroxyl groups is 1. The lowest BCUT2D eigenvalue weighted by atomic mass is 9.99. The molecule has 0 saturated carbocycles. The Labute approximate surface area is 734 Å². The molecule has 708 valence electrons. The largest absolute Gasteiger partial charge is 0.472 e. The van der Waals surface area contributed by atoms with E-state index < -0.39 is 97.5 Å². The van der Waals surface area contributed by atoms with Gasteiger partial charge in [-0.3, -0.25) is 37.3 Å². The number of aliphatic hydroxyl groups excluding tert-OH is 1. The number of carbonyl (C=O) groups is 4. The zero-order valence-corrected chi connectivity index (χ0v) is 80.7. The summed E-state index contributed by atoms with van der Waals surface area (Å²) >= 11 is 0. The number of phosphoric ester groups is 2. The molecule has 0 saturated heterocycles. The molecule has 0 aromatic carbocycles. The topological polar surface area (TPSA) is 237 Å². The fourth-order valence-electron chi connectivity index (χ4n) is 15.8. The molecule has 0 aromatic rings. The van der Waals surface area contributed by atoms with Gasteiger partial charge in [-0.1, -0.05) is 497 Å². The third kappa shape index (κ3) is 90.6. The molecule has 0 bridgehead atoms. The van der Waals surface area contributed by atoms with E-state index >= 15 is 0 Å². The Morgan fingerprint density at radius 3 is 0.597 bits per heavy atom. The Bertz CT molecular complexity index is 2260. The lowest BCUT2D eigenvalue weighted by molar-refractivity contribution is -0.161. The minimum atomic E-state index is -4.98. The van der Waals surface area contributed by atoms with E-state index in [-0.39, 0.29) is 25.7 Å². The molecule has 4 unspecified atom stereocenters. The first kappa shape index (κ1) is 117. The third-order valence-corrected chi connectivity index (χ3v) is 26.3. The number of carbonyl (C=O) groups excluding carboxylic acids is 4. The van der Waals surface area contributed by atoms with Gasteiger partial charge in [0, 0.05) is 25.7 Å². The van der Waals surface area contributed by atoms with Crippen molar-refractivity contribution in [1.29, 1.82) is 0 Å². The quantitative estimate of drug-likeness (QED) is 0.0222. The van der Waals surface area contributed by atoms with Gasteiger partial charge in [-0.15, -0.1) is 0 Å². The molecule has 19 heteroatoms. The smallest absolute Gasteiger partial charge is 0.462 e. The summed E-state index contributed by atoms with van der Waals surface area (Å²) in [5.74, 6) is -0.340. The number of ether oxygens (including phenoxy) is 4. The first-order valence-corrected chi connectivity index (χ1v) is 54.6. The lowest BCUT2D eigenvalue weighted by Gasteiger charge is -2.21. The molecular formula is C100H196O17P2. The van der Waals surface area contributed by atoms with E-state index in [0.29, 0.717) is 25.7 Å². The molecular weight excluding hydrogens is 1540 g/mol. The Morgan fingerprint density at radius 1 is 0.235 bits per heavy atom. The zero-order valence-electron chi connectivity index (χ0n) is 78.9. The molecule has 0 rings (SSSR count). The van der Waals surface area contributed by atoms with E-state index in [9.17, 15) is 43.2 Å². The highest BCUT2D eigenvalue weighted by atomic mass is 31.2. The number of hydrogen-bond donors (Lipinski definition) is 3. The van der Waals surface area contributed by atoms with Crippen LogP contribution in [0.5, 0.6) is 0 Å². The molecule has 0 amide bonds. The maximum atomic E-state index is 13.2. The molecule has 0 aliphatic rings. The van der Waals surface area contributed by atoms with Crippen molar-refractivity contribution in [3.63, 3.8) is 0 Å². The summed E-state index contributed by atoms with van der Waals surface area (Å²) in [6.45, 7) is 9.89. The SMILES string of the molecule is CCCCCCCCCCCCCCCCCCCCCCCCC(=O)O[C@H](COC(=O)CCCCCCCCCCCCCCC)COP(=O)(O)OC[C@H](O)COP(=O)(O)OC[C@@H](COC(=O)CCCCCCCCCCCCCCCCCCCCC(C)CC)OC(=O)CCCCCCCCCCCCCCCCCCCCC(C)CC. The molecule has 0 radical (unpaired) electrons. The molecule has 0 spiro atoms. The number of esters is 4. The average Bonchev–Trinajstić information content (AvgIpc) is 0.898. The lowest BCUT2D eigenvalue weighted by Crippen LogP contribution is -2.30. The second kappa shape index (κ2) is 90.8. The molecule has 0 heterocycles. The standard InChI is InChI=1S/C100H196O17P2/c1-7-11-13-15-17-19-21-23-24-25-26-27-28-29-37-42-48-54-60-66-72-78-84-99(104)116-95(88-110-97(102)82-76-70-64-58-52-44-22-20-18-16-14-12-8-2)90-114-118(106,107)112-86-94(101)87-113-119(108,109)115-91-96(117-100(105)85-79-73-67-61-55-49-43-38-33-31-35-40-46-51-57-63-69-75-81-93(6)10-4)89-111-98(103)83-77-71-65-59-53-47-41-36-32-30-34-39-45-50-56-62-68-74-80-92(5)9-3/h92-96,101H,7-91H2,1-6H3,(H,106,107)(H,108,109)/t92?,93?,94-,95+,96+/m0/s1. The Kier molecular flexibility index (Phi) is 89.4. The van der Waals surface area contributed by atoms with Crippen molar-refractivity contribution in [2.45, 2.75) is 567 Å². The van der Waals surface area contributed by atoms with E-state index in [1.54, 1.807) is 0 Å². The summed E-state index contributed by atoms with van der Waals surface area (Å²) in [6, 6.07) is 0. The van der Waals surface area contributed by atoms with Crippen molar-refractivity contribution < 1.29 is 80.2 Å². The molecule has 0 aliphatic carbocycles. The Balaban J connectivity index is 5.24. The van der Waals surface area contributed by atoms with E-state index in [4.69, 9.17) is 37.0 Å². The molecule has 119 heavy (non-hydrogen) atoms. The van der Waals surface area contributed by atoms with Gasteiger partial charge in [0.2, 0.25) is 0 Å². The molecule has 3 N–H and O–H groups in total. The van der Waals surface area contributed by atoms with Gasteiger partial charge in [0.1, 0.15) is 19.3 Å². The average molecular weight is 1730 g/mol. The van der Waals surface area contributed by atoms with Crippen LogP contribution in [0.2, 0.25) is 0 Å². The van der Waals surface area contributed by atoms with E-state index in [2.05, 4.69) is 41.5 Å². The predicted octanol–water partition coefficient (Wildman–Crippen LogP) is 31.7. The number of phosphoric acid groups is 2. The van der Waals surface area contributed by atoms with Crippen LogP contribution in [0.3, 0.4) is 0 Å². The van der Waals surface area contributed by atoms with Gasteiger partial charge in [0.25, 0.3) is 0 Å². The van der Waals surface area contributed by atoms with Gasteiger partial charge in [0.05, 0.1) is 26.4 Å². The van der Waals surface area contributed by atoms with Crippen molar-refractivity contribution in [3.05, 3.63) is 0 Å². The van der Waals surface area contributed by atoms with Gasteiger partial charge >= 0.3 is 39.5 Å². The van der Waals surface area contributed by atoms with Gasteiger partial charge in [-0.05, 0) is 37.5 Å². The summed E-state index contributed by atoms with van der Waals surface area (Å²) in [6.07, 6.45) is 89.0. The van der Waals surface area contributed by atoms with Crippen LogP contribution < -0.4 is 0 Å². The normalized spacial score (nSPS) is 14.1. The van der Waals surface area contributed by atoms with Gasteiger partial charge in [-0.2, -0.15) is 0 Å². The van der Waals surface area contributed by atoms with Crippen LogP contribution >= 0.6 is 15.6 Å². The van der Waals surface area contributed by atoms with Crippen molar-refractivity contribution in [2.24, 2.45) is 11.8 Å². The second-order valence-electron chi connectivity index (χ2n) is 36.4. The molecule has 0 aliphatic heterocycles. The monoisotopic (exact) mass is 1730 g/mol. The van der Waals surface area contributed by atoms with Crippen molar-refractivity contribution >= 4 is 39.5 Å². The number of hydrogen-bond acceptors (Lipinski definition) is 15. The fourth-order valence-corrected chi connectivity index (χ4v) is 17.4. The number of unbranched alkanes of at least 4 members (excludes halogenated alkanes) is 67. The Hall–Kier alpha value is -1.94. The van der Waals surface area contributed by atoms with E-state index in [1.807, 2.05) is 0 Å². The highest BCUT2D eigenvalue weighted by Gasteiger charge is 2.31. The minimum Gasteiger partial charge on any atom is -0.462 e. The highest BCUT2D eigenvalue weighted by Crippen LogP contribution is 2.45. The van der Waals surface area contributed by atoms with Crippen molar-refractivity contribution in [2.75, 3.05) is 39.6 Å². The molecule has 17 nitrogen and oxygen atoms in total. The molecule has 7 atom stereocenters. The van der Waals surface area contributed by atoms with Crippen molar-refractivity contribution in [3.8, 4) is 0 Å². The molecule has 0 fully saturated rings. The fraction of sp³-hybridized carbons (Fsp3) is 0.960. The minimum absolute atomic E-state index is 0.109.